The lowest BCUT2D eigenvalue weighted by Gasteiger charge is -2.15. The van der Waals surface area contributed by atoms with Crippen LogP contribution in [-0.2, 0) is 14.4 Å². The van der Waals surface area contributed by atoms with E-state index in [1.54, 1.807) is 36.4 Å². The van der Waals surface area contributed by atoms with E-state index >= 15 is 0 Å². The third-order valence-electron chi connectivity index (χ3n) is 5.03. The number of hydrogen-bond acceptors (Lipinski definition) is 7. The van der Waals surface area contributed by atoms with Gasteiger partial charge < -0.3 is 14.5 Å². The first-order valence-corrected chi connectivity index (χ1v) is 9.78. The number of carbonyl (C=O) groups is 2. The van der Waals surface area contributed by atoms with Crippen LogP contribution in [0.25, 0.3) is 5.69 Å². The van der Waals surface area contributed by atoms with E-state index in [-0.39, 0.29) is 11.4 Å². The molecule has 2 aromatic carbocycles. The lowest BCUT2D eigenvalue weighted by molar-refractivity contribution is -0.671. The Morgan fingerprint density at radius 2 is 1.77 bits per heavy atom. The van der Waals surface area contributed by atoms with Crippen molar-refractivity contribution in [2.45, 2.75) is 13.0 Å². The van der Waals surface area contributed by atoms with Gasteiger partial charge in [-0.25, -0.2) is 4.90 Å². The van der Waals surface area contributed by atoms with Crippen LogP contribution in [0.1, 0.15) is 11.3 Å². The van der Waals surface area contributed by atoms with Gasteiger partial charge in [-0.15, -0.1) is 0 Å². The van der Waals surface area contributed by atoms with E-state index < -0.39 is 29.8 Å². The summed E-state index contributed by atoms with van der Waals surface area (Å²) in [6.07, 6.45) is -1.14. The van der Waals surface area contributed by atoms with Crippen molar-refractivity contribution in [1.29, 1.82) is 0 Å². The second-order valence-electron chi connectivity index (χ2n) is 6.92. The highest BCUT2D eigenvalue weighted by atomic mass is 79.9. The van der Waals surface area contributed by atoms with Crippen molar-refractivity contribution in [1.82, 2.24) is 5.27 Å². The number of anilines is 1. The number of benzene rings is 2. The van der Waals surface area contributed by atoms with Gasteiger partial charge in [-0.2, -0.15) is 0 Å². The topological polar surface area (TPSA) is 112 Å². The molecule has 1 fully saturated rings. The molecule has 0 spiro atoms. The van der Waals surface area contributed by atoms with Gasteiger partial charge in [0.1, 0.15) is 5.92 Å². The van der Waals surface area contributed by atoms with Crippen molar-refractivity contribution < 1.29 is 28.7 Å². The van der Waals surface area contributed by atoms with Crippen LogP contribution in [0.15, 0.2) is 62.7 Å². The number of aryl methyl sites for hydroxylation is 1. The molecule has 1 saturated heterocycles. The normalized spacial score (nSPS) is 20.3. The zero-order valence-corrected chi connectivity index (χ0v) is 17.1. The molecule has 0 radical (unpaired) electrons. The van der Waals surface area contributed by atoms with Gasteiger partial charge in [-0.1, -0.05) is 38.8 Å². The fraction of sp³-hybridized carbons (Fsp3) is 0.150. The monoisotopic (exact) mass is 468 g/mol. The summed E-state index contributed by atoms with van der Waals surface area (Å²) >= 11 is 3.32. The Bertz CT molecular complexity index is 1200. The first-order valence-electron chi connectivity index (χ1n) is 8.99. The van der Waals surface area contributed by atoms with Gasteiger partial charge in [-0.05, 0) is 35.9 Å². The van der Waals surface area contributed by atoms with E-state index in [4.69, 9.17) is 9.36 Å². The van der Waals surface area contributed by atoms with Crippen LogP contribution in [0, 0.1) is 12.8 Å². The Labute approximate surface area is 178 Å². The smallest absolute Gasteiger partial charge is 0.289 e. The molecular formula is C20H13BrN4O5. The maximum Gasteiger partial charge on any atom is 0.289 e. The van der Waals surface area contributed by atoms with Crippen molar-refractivity contribution in [3.63, 3.8) is 0 Å². The fourth-order valence-electron chi connectivity index (χ4n) is 3.54. The summed E-state index contributed by atoms with van der Waals surface area (Å²) in [5.74, 6) is -2.91. The summed E-state index contributed by atoms with van der Waals surface area (Å²) in [6, 6.07) is 13.9. The van der Waals surface area contributed by atoms with Gasteiger partial charge in [0.15, 0.2) is 11.7 Å². The third kappa shape index (κ3) is 2.71. The largest absolute Gasteiger partial charge is 0.539 e. The van der Waals surface area contributed by atoms with Crippen LogP contribution in [0.3, 0.4) is 0 Å². The van der Waals surface area contributed by atoms with Gasteiger partial charge in [0.25, 0.3) is 11.6 Å². The van der Waals surface area contributed by atoms with Crippen molar-refractivity contribution in [2.24, 2.45) is 11.1 Å². The molecule has 3 aromatic rings. The number of amides is 2. The molecule has 5 rings (SSSR count). The Balaban J connectivity index is 1.55. The molecule has 2 unspecified atom stereocenters. The first kappa shape index (κ1) is 18.5. The number of hydrogen-bond donors (Lipinski definition) is 0. The molecular weight excluding hydrogens is 456 g/mol. The number of imide groups is 1. The molecule has 0 aliphatic carbocycles. The Morgan fingerprint density at radius 3 is 2.47 bits per heavy atom. The van der Waals surface area contributed by atoms with E-state index in [0.29, 0.717) is 11.4 Å². The van der Waals surface area contributed by atoms with Crippen molar-refractivity contribution >= 4 is 39.1 Å². The number of aromatic nitrogens is 2. The van der Waals surface area contributed by atoms with Crippen molar-refractivity contribution in [3.05, 3.63) is 64.3 Å². The maximum atomic E-state index is 13.2. The lowest BCUT2D eigenvalue weighted by Crippen LogP contribution is -2.42. The van der Waals surface area contributed by atoms with Crippen molar-refractivity contribution in [2.75, 3.05) is 4.90 Å². The zero-order valence-electron chi connectivity index (χ0n) is 15.5. The molecule has 0 saturated carbocycles. The summed E-state index contributed by atoms with van der Waals surface area (Å²) in [7, 11) is 0. The molecule has 2 aliphatic rings. The minimum Gasteiger partial charge on any atom is -0.539 e. The number of carbonyl (C=O) groups excluding carboxylic acids is 2. The molecule has 0 N–H and O–H groups in total. The van der Waals surface area contributed by atoms with Gasteiger partial charge >= 0.3 is 0 Å². The van der Waals surface area contributed by atoms with Gasteiger partial charge in [0.2, 0.25) is 17.7 Å². The number of halogens is 1. The fourth-order valence-corrected chi connectivity index (χ4v) is 3.81. The number of oxime groups is 1. The molecule has 1 aromatic heterocycles. The van der Waals surface area contributed by atoms with E-state index in [1.165, 1.54) is 4.68 Å². The minimum absolute atomic E-state index is 0.0183. The Morgan fingerprint density at radius 1 is 1.07 bits per heavy atom. The van der Waals surface area contributed by atoms with Gasteiger partial charge in [0.05, 0.1) is 11.0 Å². The molecule has 0 bridgehead atoms. The summed E-state index contributed by atoms with van der Waals surface area (Å²) in [4.78, 5) is 32.3. The van der Waals surface area contributed by atoms with Crippen LogP contribution in [0.2, 0.25) is 0 Å². The lowest BCUT2D eigenvalue weighted by atomic mass is 9.97. The Kier molecular flexibility index (Phi) is 4.17. The van der Waals surface area contributed by atoms with Crippen LogP contribution >= 0.6 is 15.9 Å². The van der Waals surface area contributed by atoms with Crippen LogP contribution in [-0.4, -0.2) is 28.9 Å². The number of rotatable bonds is 3. The van der Waals surface area contributed by atoms with Crippen LogP contribution in [0.5, 0.6) is 5.95 Å². The SMILES string of the molecule is Cc1ccc(-[n+]2noc([O-])c2C2=NOC3C(=O)N(c4ccc(Br)cc4)C(=O)C23)cc1. The summed E-state index contributed by atoms with van der Waals surface area (Å²) in [5, 5.41) is 20.1. The van der Waals surface area contributed by atoms with Crippen molar-refractivity contribution in [3.8, 4) is 11.6 Å². The molecule has 9 nitrogen and oxygen atoms in total. The molecule has 2 atom stereocenters. The molecule has 2 aliphatic heterocycles. The summed E-state index contributed by atoms with van der Waals surface area (Å²) in [6.45, 7) is 1.93. The highest BCUT2D eigenvalue weighted by Gasteiger charge is 2.58. The van der Waals surface area contributed by atoms with E-state index in [9.17, 15) is 14.7 Å². The zero-order chi connectivity index (χ0) is 21.0. The number of fused-ring (bicyclic) bond motifs is 1. The predicted octanol–water partition coefficient (Wildman–Crippen LogP) is 1.39. The van der Waals surface area contributed by atoms with Crippen LogP contribution in [0.4, 0.5) is 5.69 Å². The summed E-state index contributed by atoms with van der Waals surface area (Å²) < 4.78 is 6.90. The summed E-state index contributed by atoms with van der Waals surface area (Å²) in [5.41, 5.74) is 1.95. The highest BCUT2D eigenvalue weighted by molar-refractivity contribution is 9.10. The quantitative estimate of drug-likeness (QED) is 0.424. The average molecular weight is 469 g/mol. The molecule has 30 heavy (non-hydrogen) atoms. The molecule has 10 heteroatoms. The van der Waals surface area contributed by atoms with E-state index in [1.807, 2.05) is 19.1 Å². The maximum absolute atomic E-state index is 13.2. The van der Waals surface area contributed by atoms with Gasteiger partial charge in [-0.3, -0.25) is 9.59 Å². The molecule has 3 heterocycles. The van der Waals surface area contributed by atoms with Crippen LogP contribution < -0.4 is 14.7 Å². The average Bonchev–Trinajstić information content (AvgIpc) is 3.39. The second-order valence-corrected chi connectivity index (χ2v) is 7.84. The van der Waals surface area contributed by atoms with E-state index in [2.05, 4.69) is 26.4 Å². The predicted molar refractivity (Wildman–Crippen MR) is 104 cm³/mol. The van der Waals surface area contributed by atoms with Gasteiger partial charge in [0, 0.05) is 16.6 Å². The first-order chi connectivity index (χ1) is 14.5. The van der Waals surface area contributed by atoms with E-state index in [0.717, 1.165) is 14.9 Å². The Hall–Kier alpha value is -3.53. The second kappa shape index (κ2) is 6.77. The minimum atomic E-state index is -1.14. The standard InChI is InChI=1S/C20H13BrN4O5/c1-10-2-6-13(7-3-10)25-16(20(28)30-23-25)15-14-17(29-22-15)19(27)24(18(14)26)12-8-4-11(21)5-9-12/h2-9,14,17H,1H3. The molecule has 150 valence electrons. The molecule has 2 amide bonds. The highest BCUT2D eigenvalue weighted by Crippen LogP contribution is 2.36. The number of nitrogens with zero attached hydrogens (tertiary/aromatic N) is 4. The third-order valence-corrected chi connectivity index (χ3v) is 5.56.